The van der Waals surface area contributed by atoms with Crippen LogP contribution in [0.25, 0.3) is 10.9 Å². The summed E-state index contributed by atoms with van der Waals surface area (Å²) < 4.78 is 42.5. The normalized spacial score (nSPS) is 15.9. The Kier molecular flexibility index (Phi) is 9.23. The number of carbonyl (C=O) groups is 1. The first-order valence-electron chi connectivity index (χ1n) is 13.6. The third-order valence-electron chi connectivity index (χ3n) is 7.15. The second-order valence-corrected chi connectivity index (χ2v) is 17.2. The lowest BCUT2D eigenvalue weighted by atomic mass is 10.0. The molecule has 1 amide bonds. The molecule has 0 saturated carbocycles. The van der Waals surface area contributed by atoms with Crippen molar-refractivity contribution in [2.24, 2.45) is 0 Å². The molecule has 0 bridgehead atoms. The number of fused-ring (bicyclic) bond motifs is 1. The first-order chi connectivity index (χ1) is 18.9. The Balaban J connectivity index is 1.64. The number of ether oxygens (including phenoxy) is 2. The number of amides is 1. The summed E-state index contributed by atoms with van der Waals surface area (Å²) in [7, 11) is -1.27. The second-order valence-electron chi connectivity index (χ2n) is 11.6. The van der Waals surface area contributed by atoms with Crippen LogP contribution in [-0.4, -0.2) is 59.9 Å². The van der Waals surface area contributed by atoms with E-state index in [1.807, 2.05) is 0 Å². The lowest BCUT2D eigenvalue weighted by Gasteiger charge is -2.25. The molecule has 3 aromatic rings. The summed E-state index contributed by atoms with van der Waals surface area (Å²) in [5.74, 6) is -3.88. The molecule has 12 heteroatoms. The smallest absolute Gasteiger partial charge is 0.295 e. The fraction of sp³-hybridized carbons (Fsp3) is 0.536. The monoisotopic (exact) mass is 576 g/mol. The number of benzene rings is 1. The van der Waals surface area contributed by atoms with Crippen molar-refractivity contribution in [1.82, 2.24) is 19.7 Å². The van der Waals surface area contributed by atoms with Crippen molar-refractivity contribution in [3.8, 4) is 0 Å². The molecule has 1 aromatic carbocycles. The number of halogens is 2. The summed E-state index contributed by atoms with van der Waals surface area (Å²) in [6.07, 6.45) is 4.44. The van der Waals surface area contributed by atoms with E-state index in [0.717, 1.165) is 6.04 Å². The molecule has 3 heterocycles. The number of rotatable bonds is 11. The van der Waals surface area contributed by atoms with Crippen LogP contribution in [0.1, 0.15) is 53.3 Å². The largest absolute Gasteiger partial charge is 0.390 e. The van der Waals surface area contributed by atoms with Gasteiger partial charge in [0.25, 0.3) is 17.4 Å². The zero-order chi connectivity index (χ0) is 29.1. The van der Waals surface area contributed by atoms with E-state index in [9.17, 15) is 18.4 Å². The van der Waals surface area contributed by atoms with Gasteiger partial charge in [-0.3, -0.25) is 9.59 Å². The van der Waals surface area contributed by atoms with Gasteiger partial charge in [-0.2, -0.15) is 13.9 Å². The van der Waals surface area contributed by atoms with Crippen molar-refractivity contribution < 1.29 is 28.2 Å². The maximum absolute atomic E-state index is 14.1. The lowest BCUT2D eigenvalue weighted by Crippen LogP contribution is -2.32. The van der Waals surface area contributed by atoms with Gasteiger partial charge < -0.3 is 24.5 Å². The Morgan fingerprint density at radius 3 is 2.67 bits per heavy atom. The van der Waals surface area contributed by atoms with Crippen molar-refractivity contribution in [2.75, 3.05) is 26.4 Å². The number of alkyl halides is 2. The number of aliphatic hydroxyl groups is 1. The highest BCUT2D eigenvalue weighted by molar-refractivity contribution is 6.76. The number of pyridine rings is 1. The lowest BCUT2D eigenvalue weighted by molar-refractivity contribution is -0.0556. The number of nitrogens with zero attached hydrogens (tertiary/aromatic N) is 3. The van der Waals surface area contributed by atoms with Crippen LogP contribution in [0.3, 0.4) is 0 Å². The van der Waals surface area contributed by atoms with Gasteiger partial charge in [0.15, 0.2) is 0 Å². The number of nitrogens with one attached hydrogen (secondary N) is 1. The third kappa shape index (κ3) is 7.03. The molecule has 1 saturated heterocycles. The fourth-order valence-corrected chi connectivity index (χ4v) is 5.42. The molecule has 4 rings (SSSR count). The predicted molar refractivity (Wildman–Crippen MR) is 150 cm³/mol. The minimum atomic E-state index is -3.39. The Bertz CT molecular complexity index is 1400. The molecule has 1 fully saturated rings. The molecule has 9 nitrogen and oxygen atoms in total. The van der Waals surface area contributed by atoms with Gasteiger partial charge in [-0.05, 0) is 37.4 Å². The Hall–Kier alpha value is -2.93. The van der Waals surface area contributed by atoms with Crippen molar-refractivity contribution in [3.63, 3.8) is 0 Å². The Labute approximate surface area is 233 Å². The van der Waals surface area contributed by atoms with Gasteiger partial charge in [0, 0.05) is 51.9 Å². The highest BCUT2D eigenvalue weighted by Crippen LogP contribution is 2.29. The fourth-order valence-electron chi connectivity index (χ4n) is 4.66. The first kappa shape index (κ1) is 30.0. The maximum atomic E-state index is 14.1. The summed E-state index contributed by atoms with van der Waals surface area (Å²) in [6, 6.07) is 5.83. The second kappa shape index (κ2) is 12.3. The van der Waals surface area contributed by atoms with E-state index < -0.39 is 32.6 Å². The number of hydrogen-bond donors (Lipinski definition) is 2. The maximum Gasteiger partial charge on any atom is 0.295 e. The van der Waals surface area contributed by atoms with Gasteiger partial charge in [0.1, 0.15) is 18.9 Å². The molecular formula is C28H38F2N4O5Si. The summed E-state index contributed by atoms with van der Waals surface area (Å²) in [5, 5.41) is 16.8. The Morgan fingerprint density at radius 1 is 1.27 bits per heavy atom. The third-order valence-corrected chi connectivity index (χ3v) is 8.86. The van der Waals surface area contributed by atoms with E-state index in [2.05, 4.69) is 30.1 Å². The summed E-state index contributed by atoms with van der Waals surface area (Å²) >= 11 is 0. The SMILES string of the molecule is CC(NC(=O)c1cn(C2CCOCC2)c(=O)c2cn(COCC[Si](C)(C)C)nc12)c1cccc(C(F)(F)CO)c1. The van der Waals surface area contributed by atoms with Gasteiger partial charge in [0.05, 0.1) is 17.0 Å². The average Bonchev–Trinajstić information content (AvgIpc) is 3.36. The molecule has 1 atom stereocenters. The van der Waals surface area contributed by atoms with Crippen LogP contribution >= 0.6 is 0 Å². The van der Waals surface area contributed by atoms with Crippen molar-refractivity contribution in [2.45, 2.75) is 70.2 Å². The number of hydrogen-bond acceptors (Lipinski definition) is 6. The van der Waals surface area contributed by atoms with E-state index in [1.165, 1.54) is 22.9 Å². The van der Waals surface area contributed by atoms with E-state index in [4.69, 9.17) is 14.6 Å². The molecule has 2 aromatic heterocycles. The first-order valence-corrected chi connectivity index (χ1v) is 17.3. The van der Waals surface area contributed by atoms with E-state index >= 15 is 0 Å². The molecule has 1 unspecified atom stereocenters. The summed E-state index contributed by atoms with van der Waals surface area (Å²) in [5.41, 5.74) is 0.350. The van der Waals surface area contributed by atoms with Crippen LogP contribution in [0.15, 0.2) is 41.5 Å². The van der Waals surface area contributed by atoms with Crippen LogP contribution in [0, 0.1) is 0 Å². The molecule has 1 aliphatic heterocycles. The highest BCUT2D eigenvalue weighted by Gasteiger charge is 2.31. The van der Waals surface area contributed by atoms with Gasteiger partial charge in [-0.25, -0.2) is 4.68 Å². The van der Waals surface area contributed by atoms with Gasteiger partial charge in [-0.15, -0.1) is 0 Å². The van der Waals surface area contributed by atoms with Gasteiger partial charge in [0.2, 0.25) is 0 Å². The van der Waals surface area contributed by atoms with E-state index in [0.29, 0.717) is 43.6 Å². The van der Waals surface area contributed by atoms with Gasteiger partial charge in [-0.1, -0.05) is 37.8 Å². The molecule has 218 valence electrons. The van der Waals surface area contributed by atoms with Crippen LogP contribution in [0.5, 0.6) is 0 Å². The predicted octanol–water partition coefficient (Wildman–Crippen LogP) is 4.44. The standard InChI is InChI=1S/C28H38F2N4O5Si/c1-19(20-6-5-7-21(14-20)28(29,30)17-35)31-26(36)23-16-34(22-8-10-38-11-9-22)27(37)24-15-33(32-25(23)24)18-39-12-13-40(2,3)4/h5-7,14-16,19,22,35H,8-13,17-18H2,1-4H3,(H,31,36). The van der Waals surface area contributed by atoms with E-state index in [1.54, 1.807) is 30.0 Å². The molecule has 40 heavy (non-hydrogen) atoms. The molecule has 0 aliphatic carbocycles. The van der Waals surface area contributed by atoms with Crippen molar-refractivity contribution in [3.05, 3.63) is 63.7 Å². The quantitative estimate of drug-likeness (QED) is 0.258. The topological polar surface area (TPSA) is 108 Å². The van der Waals surface area contributed by atoms with Crippen LogP contribution < -0.4 is 10.9 Å². The summed E-state index contributed by atoms with van der Waals surface area (Å²) in [4.78, 5) is 27.1. The Morgan fingerprint density at radius 2 is 2.00 bits per heavy atom. The van der Waals surface area contributed by atoms with Crippen molar-refractivity contribution >= 4 is 24.9 Å². The van der Waals surface area contributed by atoms with Gasteiger partial charge >= 0.3 is 0 Å². The molecule has 0 spiro atoms. The number of carbonyl (C=O) groups excluding carboxylic acids is 1. The summed E-state index contributed by atoms with van der Waals surface area (Å²) in [6.45, 7) is 8.93. The molecular weight excluding hydrogens is 538 g/mol. The number of aliphatic hydroxyl groups excluding tert-OH is 1. The average molecular weight is 577 g/mol. The minimum Gasteiger partial charge on any atom is -0.390 e. The van der Waals surface area contributed by atoms with Crippen molar-refractivity contribution in [1.29, 1.82) is 0 Å². The number of aromatic nitrogens is 3. The highest BCUT2D eigenvalue weighted by atomic mass is 28.3. The zero-order valence-electron chi connectivity index (χ0n) is 23.5. The van der Waals surface area contributed by atoms with Crippen LogP contribution in [-0.2, 0) is 22.1 Å². The zero-order valence-corrected chi connectivity index (χ0v) is 24.5. The molecule has 2 N–H and O–H groups in total. The molecule has 0 radical (unpaired) electrons. The van der Waals surface area contributed by atoms with Crippen LogP contribution in [0.2, 0.25) is 25.7 Å². The minimum absolute atomic E-state index is 0.122. The molecule has 1 aliphatic rings. The van der Waals surface area contributed by atoms with E-state index in [-0.39, 0.29) is 35.0 Å². The van der Waals surface area contributed by atoms with Crippen LogP contribution in [0.4, 0.5) is 8.78 Å².